The van der Waals surface area contributed by atoms with Crippen LogP contribution in [0, 0.1) is 0 Å². The van der Waals surface area contributed by atoms with Crippen LogP contribution < -0.4 is 11.2 Å². The fourth-order valence-electron chi connectivity index (χ4n) is 1.79. The number of hydrogen-bond donors (Lipinski definition) is 1. The molecule has 0 saturated carbocycles. The summed E-state index contributed by atoms with van der Waals surface area (Å²) in [6.45, 7) is 0.560. The van der Waals surface area contributed by atoms with E-state index in [4.69, 9.17) is 11.6 Å². The third-order valence-electron chi connectivity index (χ3n) is 2.74. The Labute approximate surface area is 120 Å². The van der Waals surface area contributed by atoms with Gasteiger partial charge in [-0.05, 0) is 31.8 Å². The third-order valence-corrected chi connectivity index (χ3v) is 3.00. The molecular weight excluding hydrogens is 280 g/mol. The summed E-state index contributed by atoms with van der Waals surface area (Å²) in [7, 11) is 3.66. The van der Waals surface area contributed by atoms with Gasteiger partial charge in [-0.1, -0.05) is 23.7 Å². The maximum absolute atomic E-state index is 12.2. The van der Waals surface area contributed by atoms with Crippen molar-refractivity contribution >= 4 is 11.6 Å². The van der Waals surface area contributed by atoms with Gasteiger partial charge in [-0.25, -0.2) is 9.89 Å². The molecule has 0 fully saturated rings. The largest absolute Gasteiger partial charge is 0.345 e. The highest BCUT2D eigenvalue weighted by Crippen LogP contribution is 2.09. The highest BCUT2D eigenvalue weighted by atomic mass is 35.5. The Hall–Kier alpha value is -1.92. The van der Waals surface area contributed by atoms with Crippen molar-refractivity contribution in [2.75, 3.05) is 14.1 Å². The van der Waals surface area contributed by atoms with Crippen LogP contribution >= 0.6 is 11.6 Å². The highest BCUT2D eigenvalue weighted by Gasteiger charge is 2.10. The number of hydrogen-bond acceptors (Lipinski definition) is 4. The standard InChI is InChI=1S/C13H15ClN4O2/c1-17(2)8-11-12(19)18(13(20)16-15-11)7-9-3-5-10(14)6-4-9/h3-6H,7-8H2,1-2H3,(H,16,20). The molecule has 106 valence electrons. The number of aromatic nitrogens is 3. The minimum absolute atomic E-state index is 0.189. The molecule has 7 heteroatoms. The maximum Gasteiger partial charge on any atom is 0.345 e. The van der Waals surface area contributed by atoms with Crippen LogP contribution in [0.5, 0.6) is 0 Å². The predicted molar refractivity (Wildman–Crippen MR) is 77.1 cm³/mol. The second-order valence-corrected chi connectivity index (χ2v) is 5.17. The summed E-state index contributed by atoms with van der Waals surface area (Å²) in [6, 6.07) is 7.00. The van der Waals surface area contributed by atoms with Crippen molar-refractivity contribution in [1.82, 2.24) is 19.7 Å². The molecule has 0 amide bonds. The molecule has 1 aromatic heterocycles. The molecule has 1 N–H and O–H groups in total. The first-order chi connectivity index (χ1) is 9.47. The molecule has 0 aliphatic heterocycles. The van der Waals surface area contributed by atoms with Gasteiger partial charge in [0, 0.05) is 11.6 Å². The number of H-pyrrole nitrogens is 1. The number of nitrogens with one attached hydrogen (secondary N) is 1. The highest BCUT2D eigenvalue weighted by molar-refractivity contribution is 6.30. The van der Waals surface area contributed by atoms with Crippen LogP contribution in [0.15, 0.2) is 33.9 Å². The molecule has 0 unspecified atom stereocenters. The van der Waals surface area contributed by atoms with Gasteiger partial charge in [0.2, 0.25) is 0 Å². The fourth-order valence-corrected chi connectivity index (χ4v) is 1.92. The summed E-state index contributed by atoms with van der Waals surface area (Å²) >= 11 is 5.81. The van der Waals surface area contributed by atoms with Crippen LogP contribution in [0.3, 0.4) is 0 Å². The predicted octanol–water partition coefficient (Wildman–Crippen LogP) is 0.695. The van der Waals surface area contributed by atoms with Gasteiger partial charge in [0.15, 0.2) is 0 Å². The van der Waals surface area contributed by atoms with E-state index in [1.165, 1.54) is 0 Å². The average Bonchev–Trinajstić information content (AvgIpc) is 2.40. The van der Waals surface area contributed by atoms with Gasteiger partial charge in [-0.15, -0.1) is 0 Å². The number of halogens is 1. The Bertz CT molecular complexity index is 704. The van der Waals surface area contributed by atoms with E-state index < -0.39 is 5.69 Å². The molecule has 0 aliphatic carbocycles. The van der Waals surface area contributed by atoms with Crippen molar-refractivity contribution in [3.63, 3.8) is 0 Å². The van der Waals surface area contributed by atoms with Gasteiger partial charge in [-0.3, -0.25) is 9.36 Å². The number of aromatic amines is 1. The number of rotatable bonds is 4. The van der Waals surface area contributed by atoms with Crippen molar-refractivity contribution < 1.29 is 0 Å². The van der Waals surface area contributed by atoms with Crippen LogP contribution in [0.25, 0.3) is 0 Å². The van der Waals surface area contributed by atoms with Gasteiger partial charge in [-0.2, -0.15) is 5.10 Å². The van der Waals surface area contributed by atoms with E-state index in [1.807, 2.05) is 19.0 Å². The second kappa shape index (κ2) is 6.02. The van der Waals surface area contributed by atoms with E-state index in [2.05, 4.69) is 10.2 Å². The average molecular weight is 295 g/mol. The molecule has 0 atom stereocenters. The molecule has 0 spiro atoms. The minimum atomic E-state index is -0.521. The Morgan fingerprint density at radius 3 is 2.50 bits per heavy atom. The Morgan fingerprint density at radius 1 is 1.25 bits per heavy atom. The van der Waals surface area contributed by atoms with E-state index in [9.17, 15) is 9.59 Å². The molecule has 0 radical (unpaired) electrons. The number of benzene rings is 1. The summed E-state index contributed by atoms with van der Waals surface area (Å²) in [6.07, 6.45) is 0. The van der Waals surface area contributed by atoms with Gasteiger partial charge >= 0.3 is 5.69 Å². The second-order valence-electron chi connectivity index (χ2n) is 4.73. The van der Waals surface area contributed by atoms with Gasteiger partial charge in [0.05, 0.1) is 6.54 Å². The van der Waals surface area contributed by atoms with E-state index >= 15 is 0 Å². The zero-order chi connectivity index (χ0) is 14.7. The summed E-state index contributed by atoms with van der Waals surface area (Å²) in [5.41, 5.74) is 0.234. The fraction of sp³-hybridized carbons (Fsp3) is 0.308. The first-order valence-electron chi connectivity index (χ1n) is 6.05. The van der Waals surface area contributed by atoms with Gasteiger partial charge in [0.1, 0.15) is 5.69 Å². The molecule has 0 bridgehead atoms. The van der Waals surface area contributed by atoms with Crippen molar-refractivity contribution in [2.45, 2.75) is 13.1 Å². The van der Waals surface area contributed by atoms with Crippen LogP contribution in [-0.2, 0) is 13.1 Å². The lowest BCUT2D eigenvalue weighted by Crippen LogP contribution is -2.39. The van der Waals surface area contributed by atoms with E-state index in [1.54, 1.807) is 24.3 Å². The molecule has 0 aliphatic rings. The molecule has 2 aromatic rings. The smallest absolute Gasteiger partial charge is 0.303 e. The molecule has 6 nitrogen and oxygen atoms in total. The van der Waals surface area contributed by atoms with E-state index in [0.717, 1.165) is 10.1 Å². The van der Waals surface area contributed by atoms with Crippen LogP contribution in [-0.4, -0.2) is 33.8 Å². The van der Waals surface area contributed by atoms with E-state index in [-0.39, 0.29) is 12.1 Å². The molecule has 1 heterocycles. The van der Waals surface area contributed by atoms with Crippen LogP contribution in [0.1, 0.15) is 11.3 Å². The van der Waals surface area contributed by atoms with Gasteiger partial charge in [0.25, 0.3) is 5.56 Å². The first kappa shape index (κ1) is 14.5. The van der Waals surface area contributed by atoms with E-state index in [0.29, 0.717) is 17.3 Å². The molecule has 0 saturated heterocycles. The summed E-state index contributed by atoms with van der Waals surface area (Å²) < 4.78 is 1.13. The first-order valence-corrected chi connectivity index (χ1v) is 6.42. The normalized spacial score (nSPS) is 11.0. The van der Waals surface area contributed by atoms with Crippen molar-refractivity contribution in [3.05, 3.63) is 61.4 Å². The van der Waals surface area contributed by atoms with Crippen molar-refractivity contribution in [2.24, 2.45) is 0 Å². The minimum Gasteiger partial charge on any atom is -0.303 e. The maximum atomic E-state index is 12.2. The monoisotopic (exact) mass is 294 g/mol. The molecular formula is C13H15ClN4O2. The topological polar surface area (TPSA) is 71.0 Å². The van der Waals surface area contributed by atoms with Crippen LogP contribution in [0.4, 0.5) is 0 Å². The Balaban J connectivity index is 2.38. The lowest BCUT2D eigenvalue weighted by Gasteiger charge is -2.10. The zero-order valence-electron chi connectivity index (χ0n) is 11.3. The zero-order valence-corrected chi connectivity index (χ0v) is 12.0. The third kappa shape index (κ3) is 3.34. The summed E-state index contributed by atoms with van der Waals surface area (Å²) in [4.78, 5) is 25.8. The quantitative estimate of drug-likeness (QED) is 0.901. The Morgan fingerprint density at radius 2 is 1.90 bits per heavy atom. The summed E-state index contributed by atoms with van der Waals surface area (Å²) in [5.74, 6) is 0. The lowest BCUT2D eigenvalue weighted by atomic mass is 10.2. The van der Waals surface area contributed by atoms with Crippen molar-refractivity contribution in [1.29, 1.82) is 0 Å². The Kier molecular flexibility index (Phi) is 4.36. The number of nitrogens with zero attached hydrogens (tertiary/aromatic N) is 3. The van der Waals surface area contributed by atoms with Crippen LogP contribution in [0.2, 0.25) is 5.02 Å². The summed E-state index contributed by atoms with van der Waals surface area (Å²) in [5, 5.41) is 6.76. The molecule has 1 aromatic carbocycles. The SMILES string of the molecule is CN(C)Cc1n[nH]c(=O)n(Cc2ccc(Cl)cc2)c1=O. The molecule has 20 heavy (non-hydrogen) atoms. The molecule has 2 rings (SSSR count). The lowest BCUT2D eigenvalue weighted by molar-refractivity contribution is 0.388. The van der Waals surface area contributed by atoms with Gasteiger partial charge < -0.3 is 4.90 Å². The van der Waals surface area contributed by atoms with Crippen molar-refractivity contribution in [3.8, 4) is 0 Å².